The minimum atomic E-state index is -0.357. The Morgan fingerprint density at radius 3 is 2.57 bits per heavy atom. The number of carbonyl (C=O) groups excluding carboxylic acids is 1. The van der Waals surface area contributed by atoms with Crippen molar-refractivity contribution in [3.05, 3.63) is 30.4 Å². The highest BCUT2D eigenvalue weighted by atomic mass is 16.3. The standard InChI is InChI=1S/C20H25N5O3/c21-12-16(20(28)24-8-2-1-3-9-24)19(15(5-10-26)6-11-27)25-14-23-17-13-22-7-4-18(17)25/h4,7,13-15,26-27H,1-3,5-6,8-11H2. The average Bonchev–Trinajstić information content (AvgIpc) is 3.16. The molecule has 0 spiro atoms. The summed E-state index contributed by atoms with van der Waals surface area (Å²) in [5, 5.41) is 29.0. The van der Waals surface area contributed by atoms with Gasteiger partial charge in [-0.2, -0.15) is 5.26 Å². The molecule has 2 aromatic heterocycles. The van der Waals surface area contributed by atoms with E-state index >= 15 is 0 Å². The number of rotatable bonds is 7. The number of hydrogen-bond donors (Lipinski definition) is 2. The van der Waals surface area contributed by atoms with Gasteiger partial charge in [-0.15, -0.1) is 0 Å². The van der Waals surface area contributed by atoms with E-state index < -0.39 is 0 Å². The molecule has 0 radical (unpaired) electrons. The summed E-state index contributed by atoms with van der Waals surface area (Å²) < 4.78 is 1.73. The second kappa shape index (κ2) is 9.44. The van der Waals surface area contributed by atoms with Crippen LogP contribution in [0.1, 0.15) is 32.1 Å². The Bertz CT molecular complexity index is 887. The Kier molecular flexibility index (Phi) is 6.74. The van der Waals surface area contributed by atoms with Crippen LogP contribution in [0.4, 0.5) is 0 Å². The lowest BCUT2D eigenvalue weighted by molar-refractivity contribution is -0.127. The monoisotopic (exact) mass is 383 g/mol. The predicted octanol–water partition coefficient (Wildman–Crippen LogP) is 1.56. The number of amides is 1. The van der Waals surface area contributed by atoms with Gasteiger partial charge in [-0.3, -0.25) is 9.78 Å². The molecule has 2 N–H and O–H groups in total. The number of aliphatic hydroxyl groups is 2. The summed E-state index contributed by atoms with van der Waals surface area (Å²) >= 11 is 0. The lowest BCUT2D eigenvalue weighted by atomic mass is 9.93. The molecule has 0 unspecified atom stereocenters. The van der Waals surface area contributed by atoms with Gasteiger partial charge in [-0.25, -0.2) is 4.98 Å². The molecule has 1 aliphatic heterocycles. The van der Waals surface area contributed by atoms with Crippen molar-refractivity contribution < 1.29 is 15.0 Å². The number of piperidine rings is 1. The maximum absolute atomic E-state index is 13.2. The Labute approximate surface area is 163 Å². The number of pyridine rings is 1. The summed E-state index contributed by atoms with van der Waals surface area (Å²) in [6.45, 7) is 1.05. The molecule has 3 rings (SSSR count). The van der Waals surface area contributed by atoms with Gasteiger partial charge in [0.2, 0.25) is 0 Å². The molecule has 2 aromatic rings. The number of nitrogens with zero attached hydrogens (tertiary/aromatic N) is 5. The summed E-state index contributed by atoms with van der Waals surface area (Å²) in [7, 11) is 0. The zero-order valence-corrected chi connectivity index (χ0v) is 15.8. The van der Waals surface area contributed by atoms with E-state index in [1.165, 1.54) is 0 Å². The third kappa shape index (κ3) is 4.06. The van der Waals surface area contributed by atoms with Crippen LogP contribution in [0, 0.1) is 17.2 Å². The van der Waals surface area contributed by atoms with Crippen LogP contribution in [0.2, 0.25) is 0 Å². The molecule has 0 aliphatic carbocycles. The number of hydrogen-bond acceptors (Lipinski definition) is 6. The smallest absolute Gasteiger partial charge is 0.266 e. The van der Waals surface area contributed by atoms with E-state index in [0.717, 1.165) is 24.8 Å². The summed E-state index contributed by atoms with van der Waals surface area (Å²) in [6, 6.07) is 3.89. The summed E-state index contributed by atoms with van der Waals surface area (Å²) in [4.78, 5) is 23.3. The maximum atomic E-state index is 13.2. The van der Waals surface area contributed by atoms with Gasteiger partial charge in [0.05, 0.1) is 17.4 Å². The zero-order valence-electron chi connectivity index (χ0n) is 15.8. The molecule has 1 amide bonds. The average molecular weight is 383 g/mol. The molecule has 148 valence electrons. The van der Waals surface area contributed by atoms with Crippen molar-refractivity contribution in [2.24, 2.45) is 5.92 Å². The molecule has 8 nitrogen and oxygen atoms in total. The second-order valence-electron chi connectivity index (χ2n) is 6.93. The number of carbonyl (C=O) groups is 1. The van der Waals surface area contributed by atoms with Crippen LogP contribution >= 0.6 is 0 Å². The minimum Gasteiger partial charge on any atom is -0.396 e. The third-order valence-electron chi connectivity index (χ3n) is 5.18. The van der Waals surface area contributed by atoms with E-state index in [0.29, 0.717) is 37.1 Å². The number of aromatic nitrogens is 3. The van der Waals surface area contributed by atoms with E-state index in [4.69, 9.17) is 0 Å². The first-order chi connectivity index (χ1) is 13.7. The first-order valence-electron chi connectivity index (χ1n) is 9.64. The molecule has 3 heterocycles. The van der Waals surface area contributed by atoms with Crippen molar-refractivity contribution in [1.82, 2.24) is 19.4 Å². The SMILES string of the molecule is N#CC(C(=O)N1CCCCC1)=C(C(CCO)CCO)n1cnc2cnccc21. The molecule has 1 aliphatic rings. The highest BCUT2D eigenvalue weighted by Crippen LogP contribution is 2.31. The van der Waals surface area contributed by atoms with E-state index in [1.54, 1.807) is 34.3 Å². The van der Waals surface area contributed by atoms with Crippen LogP contribution in [0.15, 0.2) is 30.4 Å². The molecular formula is C20H25N5O3. The Morgan fingerprint density at radius 2 is 1.93 bits per heavy atom. The molecular weight excluding hydrogens is 358 g/mol. The van der Waals surface area contributed by atoms with Gasteiger partial charge in [0.25, 0.3) is 5.91 Å². The van der Waals surface area contributed by atoms with E-state index in [2.05, 4.69) is 16.0 Å². The molecule has 0 atom stereocenters. The van der Waals surface area contributed by atoms with Crippen molar-refractivity contribution in [2.75, 3.05) is 26.3 Å². The van der Waals surface area contributed by atoms with Gasteiger partial charge in [0, 0.05) is 38.4 Å². The van der Waals surface area contributed by atoms with Crippen LogP contribution in [0.25, 0.3) is 16.7 Å². The molecule has 1 fully saturated rings. The maximum Gasteiger partial charge on any atom is 0.266 e. The number of imidazole rings is 1. The Morgan fingerprint density at radius 1 is 1.21 bits per heavy atom. The largest absolute Gasteiger partial charge is 0.396 e. The molecule has 0 saturated carbocycles. The normalized spacial score (nSPS) is 15.6. The van der Waals surface area contributed by atoms with Gasteiger partial charge in [0.15, 0.2) is 0 Å². The number of allylic oxidation sites excluding steroid dienone is 1. The third-order valence-corrected chi connectivity index (χ3v) is 5.18. The quantitative estimate of drug-likeness (QED) is 0.554. The van der Waals surface area contributed by atoms with Gasteiger partial charge < -0.3 is 19.7 Å². The highest BCUT2D eigenvalue weighted by Gasteiger charge is 2.29. The number of likely N-dealkylation sites (tertiary alicyclic amines) is 1. The molecule has 0 bridgehead atoms. The van der Waals surface area contributed by atoms with E-state index in [1.807, 2.05) is 0 Å². The summed E-state index contributed by atoms with van der Waals surface area (Å²) in [5.41, 5.74) is 1.90. The summed E-state index contributed by atoms with van der Waals surface area (Å²) in [6.07, 6.45) is 8.42. The Hall–Kier alpha value is -2.76. The number of aliphatic hydroxyl groups excluding tert-OH is 2. The van der Waals surface area contributed by atoms with Crippen LogP contribution < -0.4 is 0 Å². The fourth-order valence-electron chi connectivity index (χ4n) is 3.78. The lowest BCUT2D eigenvalue weighted by Crippen LogP contribution is -2.37. The molecule has 8 heteroatoms. The van der Waals surface area contributed by atoms with Crippen LogP contribution in [-0.2, 0) is 4.79 Å². The first kappa shape index (κ1) is 20.0. The predicted molar refractivity (Wildman–Crippen MR) is 104 cm³/mol. The van der Waals surface area contributed by atoms with Crippen molar-refractivity contribution in [1.29, 1.82) is 5.26 Å². The van der Waals surface area contributed by atoms with Crippen molar-refractivity contribution in [3.8, 4) is 6.07 Å². The Balaban J connectivity index is 2.16. The first-order valence-corrected chi connectivity index (χ1v) is 9.64. The van der Waals surface area contributed by atoms with Crippen molar-refractivity contribution in [2.45, 2.75) is 32.1 Å². The molecule has 1 saturated heterocycles. The zero-order chi connectivity index (χ0) is 19.9. The fraction of sp³-hybridized carbons (Fsp3) is 0.500. The molecule has 28 heavy (non-hydrogen) atoms. The minimum absolute atomic E-state index is 0.0462. The summed E-state index contributed by atoms with van der Waals surface area (Å²) in [5.74, 6) is -0.655. The van der Waals surface area contributed by atoms with E-state index in [-0.39, 0.29) is 30.6 Å². The van der Waals surface area contributed by atoms with Gasteiger partial charge in [-0.1, -0.05) is 0 Å². The lowest BCUT2D eigenvalue weighted by Gasteiger charge is -2.28. The molecule has 0 aromatic carbocycles. The number of fused-ring (bicyclic) bond motifs is 1. The van der Waals surface area contributed by atoms with Gasteiger partial charge in [0.1, 0.15) is 23.5 Å². The van der Waals surface area contributed by atoms with Crippen molar-refractivity contribution >= 4 is 22.6 Å². The van der Waals surface area contributed by atoms with E-state index in [9.17, 15) is 20.3 Å². The van der Waals surface area contributed by atoms with Crippen molar-refractivity contribution in [3.63, 3.8) is 0 Å². The van der Waals surface area contributed by atoms with Gasteiger partial charge in [-0.05, 0) is 38.2 Å². The van der Waals surface area contributed by atoms with Gasteiger partial charge >= 0.3 is 0 Å². The van der Waals surface area contributed by atoms with Crippen LogP contribution in [-0.4, -0.2) is 61.9 Å². The fourth-order valence-corrected chi connectivity index (χ4v) is 3.78. The highest BCUT2D eigenvalue weighted by molar-refractivity contribution is 6.03. The van der Waals surface area contributed by atoms with Crippen LogP contribution in [0.5, 0.6) is 0 Å². The number of nitriles is 1. The topological polar surface area (TPSA) is 115 Å². The second-order valence-corrected chi connectivity index (χ2v) is 6.93. The van der Waals surface area contributed by atoms with Crippen LogP contribution in [0.3, 0.4) is 0 Å².